The van der Waals surface area contributed by atoms with E-state index in [0.29, 0.717) is 31.7 Å². The van der Waals surface area contributed by atoms with Crippen molar-refractivity contribution in [2.24, 2.45) is 0 Å². The quantitative estimate of drug-likeness (QED) is 0.825. The lowest BCUT2D eigenvalue weighted by Crippen LogP contribution is -2.48. The zero-order chi connectivity index (χ0) is 19.4. The van der Waals surface area contributed by atoms with E-state index in [2.05, 4.69) is 4.90 Å². The number of amides is 1. The lowest BCUT2D eigenvalue weighted by Gasteiger charge is -2.36. The SMILES string of the molecule is Cc1ccc(C(=O)CCC(=O)N2CCN(c3ccccc3O)CC2)cc1C. The van der Waals surface area contributed by atoms with Crippen LogP contribution in [0.4, 0.5) is 5.69 Å². The van der Waals surface area contributed by atoms with Crippen LogP contribution in [-0.2, 0) is 4.79 Å². The van der Waals surface area contributed by atoms with Crippen LogP contribution >= 0.6 is 0 Å². The molecule has 5 heteroatoms. The molecule has 3 rings (SSSR count). The summed E-state index contributed by atoms with van der Waals surface area (Å²) in [6.07, 6.45) is 0.476. The van der Waals surface area contributed by atoms with Crippen LogP contribution in [0.3, 0.4) is 0 Å². The molecule has 0 unspecified atom stereocenters. The fourth-order valence-electron chi connectivity index (χ4n) is 3.37. The maximum Gasteiger partial charge on any atom is 0.223 e. The Morgan fingerprint density at radius 2 is 1.63 bits per heavy atom. The summed E-state index contributed by atoms with van der Waals surface area (Å²) >= 11 is 0. The number of ketones is 1. The van der Waals surface area contributed by atoms with Crippen molar-refractivity contribution in [1.82, 2.24) is 4.90 Å². The molecule has 0 spiro atoms. The molecule has 1 amide bonds. The Kier molecular flexibility index (Phi) is 5.79. The smallest absolute Gasteiger partial charge is 0.223 e. The molecule has 1 heterocycles. The van der Waals surface area contributed by atoms with Gasteiger partial charge in [0.05, 0.1) is 5.69 Å². The molecule has 0 bridgehead atoms. The average molecular weight is 366 g/mol. The minimum atomic E-state index is 0.0132. The van der Waals surface area contributed by atoms with Gasteiger partial charge in [0.1, 0.15) is 5.75 Å². The number of benzene rings is 2. The Labute approximate surface area is 160 Å². The number of phenolic OH excluding ortho intramolecular Hbond substituents is 1. The number of Topliss-reactive ketones (excluding diaryl/α,β-unsaturated/α-hetero) is 1. The van der Waals surface area contributed by atoms with Gasteiger partial charge in [-0.1, -0.05) is 24.3 Å². The Morgan fingerprint density at radius 3 is 2.30 bits per heavy atom. The number of carbonyl (C=O) groups excluding carboxylic acids is 2. The molecule has 2 aromatic rings. The molecule has 1 aliphatic heterocycles. The van der Waals surface area contributed by atoms with Crippen LogP contribution in [0.5, 0.6) is 5.75 Å². The van der Waals surface area contributed by atoms with E-state index >= 15 is 0 Å². The molecule has 1 aliphatic rings. The van der Waals surface area contributed by atoms with Gasteiger partial charge >= 0.3 is 0 Å². The number of hydrogen-bond donors (Lipinski definition) is 1. The molecular formula is C22H26N2O3. The second-order valence-corrected chi connectivity index (χ2v) is 7.08. The van der Waals surface area contributed by atoms with Crippen molar-refractivity contribution in [1.29, 1.82) is 0 Å². The zero-order valence-corrected chi connectivity index (χ0v) is 15.9. The van der Waals surface area contributed by atoms with Gasteiger partial charge in [0.25, 0.3) is 0 Å². The first kappa shape index (κ1) is 19.0. The van der Waals surface area contributed by atoms with E-state index in [1.807, 2.05) is 49.1 Å². The fraction of sp³-hybridized carbons (Fsp3) is 0.364. The highest BCUT2D eigenvalue weighted by Gasteiger charge is 2.23. The first-order valence-electron chi connectivity index (χ1n) is 9.37. The van der Waals surface area contributed by atoms with Gasteiger partial charge in [0.15, 0.2) is 5.78 Å². The number of para-hydroxylation sites is 2. The van der Waals surface area contributed by atoms with Crippen molar-refractivity contribution in [2.75, 3.05) is 31.1 Å². The van der Waals surface area contributed by atoms with Crippen LogP contribution in [0.25, 0.3) is 0 Å². The number of anilines is 1. The summed E-state index contributed by atoms with van der Waals surface area (Å²) < 4.78 is 0. The van der Waals surface area contributed by atoms with Gasteiger partial charge in [-0.15, -0.1) is 0 Å². The van der Waals surface area contributed by atoms with Crippen LogP contribution in [0, 0.1) is 13.8 Å². The minimum Gasteiger partial charge on any atom is -0.506 e. The summed E-state index contributed by atoms with van der Waals surface area (Å²) in [5.41, 5.74) is 3.72. The van der Waals surface area contributed by atoms with Gasteiger partial charge < -0.3 is 14.9 Å². The van der Waals surface area contributed by atoms with E-state index < -0.39 is 0 Å². The molecule has 0 saturated carbocycles. The highest BCUT2D eigenvalue weighted by Crippen LogP contribution is 2.27. The molecule has 142 valence electrons. The summed E-state index contributed by atoms with van der Waals surface area (Å²) in [5.74, 6) is 0.291. The lowest BCUT2D eigenvalue weighted by atomic mass is 10.0. The first-order chi connectivity index (χ1) is 13.0. The van der Waals surface area contributed by atoms with E-state index in [9.17, 15) is 14.7 Å². The highest BCUT2D eigenvalue weighted by molar-refractivity contribution is 5.98. The third-order valence-electron chi connectivity index (χ3n) is 5.25. The summed E-state index contributed by atoms with van der Waals surface area (Å²) in [7, 11) is 0. The first-order valence-corrected chi connectivity index (χ1v) is 9.37. The molecule has 5 nitrogen and oxygen atoms in total. The molecule has 1 N–H and O–H groups in total. The van der Waals surface area contributed by atoms with E-state index in [-0.39, 0.29) is 30.3 Å². The summed E-state index contributed by atoms with van der Waals surface area (Å²) in [5, 5.41) is 9.97. The highest BCUT2D eigenvalue weighted by atomic mass is 16.3. The maximum absolute atomic E-state index is 12.5. The summed E-state index contributed by atoms with van der Waals surface area (Å²) in [6, 6.07) is 12.9. The predicted octanol–water partition coefficient (Wildman–Crippen LogP) is 3.32. The third kappa shape index (κ3) is 4.48. The van der Waals surface area contributed by atoms with Gasteiger partial charge in [-0.05, 0) is 43.2 Å². The van der Waals surface area contributed by atoms with E-state index in [1.165, 1.54) is 0 Å². The number of piperazine rings is 1. The van der Waals surface area contributed by atoms with Gasteiger partial charge in [-0.25, -0.2) is 0 Å². The number of rotatable bonds is 5. The number of aryl methyl sites for hydroxylation is 2. The number of nitrogens with zero attached hydrogens (tertiary/aromatic N) is 2. The number of phenols is 1. The normalized spacial score (nSPS) is 14.3. The van der Waals surface area contributed by atoms with Crippen molar-refractivity contribution < 1.29 is 14.7 Å². The molecule has 1 saturated heterocycles. The minimum absolute atomic E-state index is 0.0132. The molecule has 2 aromatic carbocycles. The Balaban J connectivity index is 1.50. The van der Waals surface area contributed by atoms with Crippen LogP contribution < -0.4 is 4.90 Å². The molecule has 0 atom stereocenters. The fourth-order valence-corrected chi connectivity index (χ4v) is 3.37. The molecule has 0 aromatic heterocycles. The Morgan fingerprint density at radius 1 is 0.926 bits per heavy atom. The third-order valence-corrected chi connectivity index (χ3v) is 5.25. The Bertz CT molecular complexity index is 839. The van der Waals surface area contributed by atoms with Gasteiger partial charge in [0, 0.05) is 44.6 Å². The van der Waals surface area contributed by atoms with Crippen molar-refractivity contribution in [3.05, 3.63) is 59.2 Å². The van der Waals surface area contributed by atoms with Crippen LogP contribution in [-0.4, -0.2) is 47.9 Å². The molecule has 0 aliphatic carbocycles. The summed E-state index contributed by atoms with van der Waals surface area (Å²) in [4.78, 5) is 28.7. The predicted molar refractivity (Wildman–Crippen MR) is 106 cm³/mol. The zero-order valence-electron chi connectivity index (χ0n) is 15.9. The molecule has 0 radical (unpaired) electrons. The van der Waals surface area contributed by atoms with E-state index in [0.717, 1.165) is 16.8 Å². The number of aromatic hydroxyl groups is 1. The van der Waals surface area contributed by atoms with Crippen molar-refractivity contribution in [3.63, 3.8) is 0 Å². The molecule has 27 heavy (non-hydrogen) atoms. The van der Waals surface area contributed by atoms with Gasteiger partial charge in [0.2, 0.25) is 5.91 Å². The molecule has 1 fully saturated rings. The Hall–Kier alpha value is -2.82. The second kappa shape index (κ2) is 8.25. The van der Waals surface area contributed by atoms with E-state index in [4.69, 9.17) is 0 Å². The molecular weight excluding hydrogens is 340 g/mol. The standard InChI is InChI=1S/C22H26N2O3/c1-16-7-8-18(15-17(16)2)20(25)9-10-22(27)24-13-11-23(12-14-24)19-5-3-4-6-21(19)26/h3-8,15,26H,9-14H2,1-2H3. The lowest BCUT2D eigenvalue weighted by molar-refractivity contribution is -0.131. The van der Waals surface area contributed by atoms with Crippen LogP contribution in [0.15, 0.2) is 42.5 Å². The number of carbonyl (C=O) groups is 2. The van der Waals surface area contributed by atoms with Crippen molar-refractivity contribution >= 4 is 17.4 Å². The van der Waals surface area contributed by atoms with Crippen LogP contribution in [0.1, 0.15) is 34.3 Å². The van der Waals surface area contributed by atoms with Crippen molar-refractivity contribution in [2.45, 2.75) is 26.7 Å². The second-order valence-electron chi connectivity index (χ2n) is 7.08. The van der Waals surface area contributed by atoms with Crippen molar-refractivity contribution in [3.8, 4) is 5.75 Å². The maximum atomic E-state index is 12.5. The van der Waals surface area contributed by atoms with Gasteiger partial charge in [-0.3, -0.25) is 9.59 Å². The monoisotopic (exact) mass is 366 g/mol. The average Bonchev–Trinajstić information content (AvgIpc) is 2.68. The topological polar surface area (TPSA) is 60.9 Å². The van der Waals surface area contributed by atoms with Crippen LogP contribution in [0.2, 0.25) is 0 Å². The summed E-state index contributed by atoms with van der Waals surface area (Å²) in [6.45, 7) is 6.56. The number of hydrogen-bond acceptors (Lipinski definition) is 4. The largest absolute Gasteiger partial charge is 0.506 e. The van der Waals surface area contributed by atoms with Gasteiger partial charge in [-0.2, -0.15) is 0 Å². The van der Waals surface area contributed by atoms with E-state index in [1.54, 1.807) is 12.1 Å².